The Hall–Kier alpha value is -1.51. The van der Waals surface area contributed by atoms with E-state index in [1.54, 1.807) is 32.1 Å². The van der Waals surface area contributed by atoms with Crippen LogP contribution in [0.3, 0.4) is 0 Å². The van der Waals surface area contributed by atoms with E-state index < -0.39 is 0 Å². The third-order valence-corrected chi connectivity index (χ3v) is 5.56. The van der Waals surface area contributed by atoms with Crippen molar-refractivity contribution in [1.82, 2.24) is 10.4 Å². The van der Waals surface area contributed by atoms with Crippen LogP contribution in [0, 0.1) is 12.7 Å². The van der Waals surface area contributed by atoms with Gasteiger partial charge in [0.2, 0.25) is 0 Å². The molecule has 2 rings (SSSR count). The molecule has 1 aromatic rings. The fraction of sp³-hybridized carbons (Fsp3) is 0.353. The minimum absolute atomic E-state index is 0.330. The summed E-state index contributed by atoms with van der Waals surface area (Å²) in [5, 5.41) is 10.2. The van der Waals surface area contributed by atoms with Gasteiger partial charge in [0.25, 0.3) is 0 Å². The molecular formula is C17H22ClFN4OS2. The molecule has 0 spiro atoms. The van der Waals surface area contributed by atoms with Crippen LogP contribution in [0.1, 0.15) is 25.0 Å². The Kier molecular flexibility index (Phi) is 9.75. The first-order chi connectivity index (χ1) is 12.5. The maximum absolute atomic E-state index is 14.0. The van der Waals surface area contributed by atoms with Gasteiger partial charge in [-0.15, -0.1) is 0 Å². The molecule has 0 bridgehead atoms. The van der Waals surface area contributed by atoms with Gasteiger partial charge in [0.1, 0.15) is 5.82 Å². The SMILES string of the molecule is CC.CN/N=C\C1=C(C=O)SC(SCc2c(F)cc(C)cc2Cl)=NN1C. The summed E-state index contributed by atoms with van der Waals surface area (Å²) in [5.74, 6) is -0.00767. The third-order valence-electron chi connectivity index (χ3n) is 3.08. The van der Waals surface area contributed by atoms with Crippen molar-refractivity contribution in [2.45, 2.75) is 26.5 Å². The average molecular weight is 417 g/mol. The van der Waals surface area contributed by atoms with E-state index in [9.17, 15) is 9.18 Å². The van der Waals surface area contributed by atoms with Crippen molar-refractivity contribution >= 4 is 52.0 Å². The average Bonchev–Trinajstić information content (AvgIpc) is 2.61. The second kappa shape index (κ2) is 11.3. The number of hydrogen-bond acceptors (Lipinski definition) is 7. The van der Waals surface area contributed by atoms with E-state index in [2.05, 4.69) is 15.6 Å². The first-order valence-electron chi connectivity index (χ1n) is 7.93. The predicted octanol–water partition coefficient (Wildman–Crippen LogP) is 4.61. The van der Waals surface area contributed by atoms with Gasteiger partial charge in [-0.2, -0.15) is 10.2 Å². The Morgan fingerprint density at radius 2 is 2.15 bits per heavy atom. The number of hydrogen-bond donors (Lipinski definition) is 1. The van der Waals surface area contributed by atoms with E-state index in [0.29, 0.717) is 31.3 Å². The Labute approximate surface area is 167 Å². The van der Waals surface area contributed by atoms with Gasteiger partial charge in [-0.1, -0.05) is 49.0 Å². The molecule has 1 heterocycles. The lowest BCUT2D eigenvalue weighted by molar-refractivity contribution is -0.104. The van der Waals surface area contributed by atoms with Gasteiger partial charge in [0.05, 0.1) is 16.8 Å². The Morgan fingerprint density at radius 3 is 2.73 bits per heavy atom. The van der Waals surface area contributed by atoms with E-state index in [1.165, 1.54) is 35.8 Å². The number of allylic oxidation sites excluding steroid dienone is 2. The van der Waals surface area contributed by atoms with Gasteiger partial charge in [-0.3, -0.25) is 9.80 Å². The Morgan fingerprint density at radius 1 is 1.46 bits per heavy atom. The number of carbonyl (C=O) groups is 1. The lowest BCUT2D eigenvalue weighted by Crippen LogP contribution is -2.20. The number of carbonyl (C=O) groups excluding carboxylic acids is 1. The number of aryl methyl sites for hydroxylation is 1. The summed E-state index contributed by atoms with van der Waals surface area (Å²) in [6, 6.07) is 3.18. The molecule has 0 unspecified atom stereocenters. The molecule has 0 saturated carbocycles. The molecule has 0 saturated heterocycles. The highest BCUT2D eigenvalue weighted by atomic mass is 35.5. The molecule has 26 heavy (non-hydrogen) atoms. The van der Waals surface area contributed by atoms with Crippen LogP contribution in [-0.2, 0) is 10.5 Å². The highest BCUT2D eigenvalue weighted by Crippen LogP contribution is 2.34. The van der Waals surface area contributed by atoms with Crippen molar-refractivity contribution in [1.29, 1.82) is 0 Å². The smallest absolute Gasteiger partial charge is 0.159 e. The van der Waals surface area contributed by atoms with Crippen LogP contribution in [0.15, 0.2) is 32.9 Å². The molecule has 0 radical (unpaired) electrons. The molecule has 0 atom stereocenters. The largest absolute Gasteiger partial charge is 0.313 e. The van der Waals surface area contributed by atoms with Crippen molar-refractivity contribution in [3.8, 4) is 0 Å². The Balaban J connectivity index is 0.00000163. The quantitative estimate of drug-likeness (QED) is 0.431. The molecule has 1 aliphatic rings. The van der Waals surface area contributed by atoms with E-state index in [4.69, 9.17) is 11.6 Å². The van der Waals surface area contributed by atoms with Crippen LogP contribution in [-0.4, -0.2) is 36.0 Å². The molecule has 1 N–H and O–H groups in total. The third kappa shape index (κ3) is 6.03. The van der Waals surface area contributed by atoms with Gasteiger partial charge in [0.15, 0.2) is 10.7 Å². The zero-order chi connectivity index (χ0) is 19.7. The summed E-state index contributed by atoms with van der Waals surface area (Å²) in [4.78, 5) is 11.8. The predicted molar refractivity (Wildman–Crippen MR) is 112 cm³/mol. The summed E-state index contributed by atoms with van der Waals surface area (Å²) < 4.78 is 14.7. The van der Waals surface area contributed by atoms with Crippen LogP contribution in [0.5, 0.6) is 0 Å². The second-order valence-electron chi connectivity index (χ2n) is 4.84. The number of nitrogens with one attached hydrogen (secondary N) is 1. The van der Waals surface area contributed by atoms with E-state index in [1.807, 2.05) is 13.8 Å². The van der Waals surface area contributed by atoms with E-state index >= 15 is 0 Å². The molecule has 9 heteroatoms. The van der Waals surface area contributed by atoms with Crippen LogP contribution >= 0.6 is 35.1 Å². The minimum Gasteiger partial charge on any atom is -0.313 e. The number of halogens is 2. The molecule has 1 aromatic carbocycles. The normalized spacial score (nSPS) is 14.1. The van der Waals surface area contributed by atoms with Gasteiger partial charge in [-0.05, 0) is 24.6 Å². The van der Waals surface area contributed by atoms with Gasteiger partial charge in [0, 0.05) is 30.4 Å². The highest BCUT2D eigenvalue weighted by molar-refractivity contribution is 8.40. The number of thioether (sulfide) groups is 2. The summed E-state index contributed by atoms with van der Waals surface area (Å²) in [5.41, 5.74) is 4.42. The van der Waals surface area contributed by atoms with Crippen molar-refractivity contribution in [3.05, 3.63) is 44.7 Å². The topological polar surface area (TPSA) is 57.1 Å². The first kappa shape index (κ1) is 22.5. The Bertz CT molecular complexity index is 714. The van der Waals surface area contributed by atoms with Crippen LogP contribution < -0.4 is 5.43 Å². The molecule has 1 aliphatic heterocycles. The van der Waals surface area contributed by atoms with E-state index in [0.717, 1.165) is 11.8 Å². The van der Waals surface area contributed by atoms with Crippen molar-refractivity contribution in [2.24, 2.45) is 10.2 Å². The molecule has 0 aliphatic carbocycles. The molecule has 0 aromatic heterocycles. The molecule has 142 valence electrons. The molecule has 0 amide bonds. The fourth-order valence-corrected chi connectivity index (χ4v) is 4.44. The van der Waals surface area contributed by atoms with Crippen LogP contribution in [0.2, 0.25) is 5.02 Å². The zero-order valence-electron chi connectivity index (χ0n) is 15.3. The maximum Gasteiger partial charge on any atom is 0.159 e. The lowest BCUT2D eigenvalue weighted by atomic mass is 10.1. The summed E-state index contributed by atoms with van der Waals surface area (Å²) >= 11 is 8.67. The van der Waals surface area contributed by atoms with Crippen LogP contribution in [0.25, 0.3) is 0 Å². The summed E-state index contributed by atoms with van der Waals surface area (Å²) in [7, 11) is 3.39. The number of rotatable bonds is 5. The molecule has 5 nitrogen and oxygen atoms in total. The van der Waals surface area contributed by atoms with Crippen molar-refractivity contribution in [2.75, 3.05) is 14.1 Å². The monoisotopic (exact) mass is 416 g/mol. The zero-order valence-corrected chi connectivity index (χ0v) is 17.7. The maximum atomic E-state index is 14.0. The fourth-order valence-electron chi connectivity index (χ4n) is 1.92. The van der Waals surface area contributed by atoms with Gasteiger partial charge in [-0.25, -0.2) is 4.39 Å². The first-order valence-corrected chi connectivity index (χ1v) is 10.1. The van der Waals surface area contributed by atoms with Crippen LogP contribution in [0.4, 0.5) is 4.39 Å². The standard InChI is InChI=1S/C15H16ClFN4OS2.C2H6/c1-9-4-11(16)10(12(17)5-9)8-23-15-20-21(3)13(6-19-18-2)14(7-22)24-15;1-2/h4-7,18H,8H2,1-3H3;1-2H3/b19-6-;. The minimum atomic E-state index is -0.338. The second-order valence-corrected chi connectivity index (χ2v) is 7.50. The van der Waals surface area contributed by atoms with E-state index in [-0.39, 0.29) is 5.82 Å². The lowest BCUT2D eigenvalue weighted by Gasteiger charge is -2.22. The molecular weight excluding hydrogens is 395 g/mol. The van der Waals surface area contributed by atoms with Crippen molar-refractivity contribution < 1.29 is 9.18 Å². The highest BCUT2D eigenvalue weighted by Gasteiger charge is 2.21. The summed E-state index contributed by atoms with van der Waals surface area (Å²) in [6.45, 7) is 5.79. The van der Waals surface area contributed by atoms with Gasteiger partial charge >= 0.3 is 0 Å². The number of aldehydes is 1. The number of hydrazone groups is 2. The van der Waals surface area contributed by atoms with Gasteiger partial charge < -0.3 is 5.43 Å². The number of benzene rings is 1. The van der Waals surface area contributed by atoms with Crippen molar-refractivity contribution in [3.63, 3.8) is 0 Å². The summed E-state index contributed by atoms with van der Waals surface area (Å²) in [6.07, 6.45) is 2.28. The molecule has 0 fully saturated rings. The number of nitrogens with zero attached hydrogens (tertiary/aromatic N) is 3.